The van der Waals surface area contributed by atoms with E-state index >= 15 is 4.39 Å². The summed E-state index contributed by atoms with van der Waals surface area (Å²) in [7, 11) is 0. The van der Waals surface area contributed by atoms with Crippen LogP contribution in [0.15, 0.2) is 29.1 Å². The summed E-state index contributed by atoms with van der Waals surface area (Å²) in [5.74, 6) is -1.33. The van der Waals surface area contributed by atoms with E-state index in [2.05, 4.69) is 25.5 Å². The Morgan fingerprint density at radius 2 is 1.73 bits per heavy atom. The highest BCUT2D eigenvalue weighted by Gasteiger charge is 2.28. The lowest BCUT2D eigenvalue weighted by Gasteiger charge is -2.29. The molecule has 12 heteroatoms. The smallest absolute Gasteiger partial charge is 0.259 e. The SMILES string of the molecule is O=C1Nc2cc(N3CCOCC3)c(F)cc2/C1=C/c1nc2cc(NCCCN3CCOCC3)c(F)cc2c(=O)[nH]1. The Morgan fingerprint density at radius 1 is 0.975 bits per heavy atom. The average Bonchev–Trinajstić information content (AvgIpc) is 3.25. The third-order valence-corrected chi connectivity index (χ3v) is 7.39. The Hall–Kier alpha value is -3.87. The first kappa shape index (κ1) is 26.4. The van der Waals surface area contributed by atoms with Gasteiger partial charge in [-0.25, -0.2) is 13.8 Å². The largest absolute Gasteiger partial charge is 0.383 e. The number of benzene rings is 2. The summed E-state index contributed by atoms with van der Waals surface area (Å²) in [6.45, 7) is 6.77. The fraction of sp³-hybridized carbons (Fsp3) is 0.393. The monoisotopic (exact) mass is 552 g/mol. The number of H-pyrrole nitrogens is 1. The molecule has 0 radical (unpaired) electrons. The van der Waals surface area contributed by atoms with Crippen molar-refractivity contribution in [1.29, 1.82) is 0 Å². The molecule has 0 unspecified atom stereocenters. The highest BCUT2D eigenvalue weighted by molar-refractivity contribution is 6.35. The fourth-order valence-corrected chi connectivity index (χ4v) is 5.26. The molecule has 1 amide bonds. The first-order valence-corrected chi connectivity index (χ1v) is 13.4. The number of anilines is 3. The molecule has 0 atom stereocenters. The summed E-state index contributed by atoms with van der Waals surface area (Å²) < 4.78 is 40.5. The Morgan fingerprint density at radius 3 is 2.50 bits per heavy atom. The number of aromatic nitrogens is 2. The topological polar surface area (TPSA) is 112 Å². The van der Waals surface area contributed by atoms with E-state index < -0.39 is 23.1 Å². The number of hydrogen-bond donors (Lipinski definition) is 3. The molecule has 6 rings (SSSR count). The summed E-state index contributed by atoms with van der Waals surface area (Å²) in [5.41, 5.74) is 1.41. The lowest BCUT2D eigenvalue weighted by atomic mass is 10.0. The molecule has 2 fully saturated rings. The van der Waals surface area contributed by atoms with Crippen LogP contribution in [0.4, 0.5) is 25.8 Å². The van der Waals surface area contributed by atoms with Crippen LogP contribution < -0.4 is 21.1 Å². The average molecular weight is 553 g/mol. The van der Waals surface area contributed by atoms with Gasteiger partial charge in [0.05, 0.1) is 60.0 Å². The highest BCUT2D eigenvalue weighted by atomic mass is 19.1. The maximum atomic E-state index is 15.1. The van der Waals surface area contributed by atoms with Crippen LogP contribution in [0.2, 0.25) is 0 Å². The van der Waals surface area contributed by atoms with Gasteiger partial charge in [-0.05, 0) is 43.3 Å². The van der Waals surface area contributed by atoms with E-state index in [1.54, 1.807) is 6.07 Å². The molecule has 0 spiro atoms. The van der Waals surface area contributed by atoms with Gasteiger partial charge in [-0.1, -0.05) is 0 Å². The number of aromatic amines is 1. The van der Waals surface area contributed by atoms with Crippen LogP contribution >= 0.6 is 0 Å². The summed E-state index contributed by atoms with van der Waals surface area (Å²) in [6.07, 6.45) is 2.23. The molecule has 1 aromatic heterocycles. The first-order chi connectivity index (χ1) is 19.5. The summed E-state index contributed by atoms with van der Waals surface area (Å²) >= 11 is 0. The molecule has 10 nitrogen and oxygen atoms in total. The summed E-state index contributed by atoms with van der Waals surface area (Å²) in [4.78, 5) is 36.8. The minimum absolute atomic E-state index is 0.0935. The number of nitrogens with zero attached hydrogens (tertiary/aromatic N) is 3. The van der Waals surface area contributed by atoms with E-state index in [0.29, 0.717) is 49.8 Å². The van der Waals surface area contributed by atoms with Crippen molar-refractivity contribution >= 4 is 45.5 Å². The molecule has 3 aromatic rings. The van der Waals surface area contributed by atoms with E-state index in [0.717, 1.165) is 45.3 Å². The van der Waals surface area contributed by atoms with Crippen molar-refractivity contribution in [2.45, 2.75) is 6.42 Å². The van der Waals surface area contributed by atoms with Crippen LogP contribution in [0, 0.1) is 11.6 Å². The zero-order valence-electron chi connectivity index (χ0n) is 21.9. The minimum Gasteiger partial charge on any atom is -0.383 e. The molecule has 2 aromatic carbocycles. The molecule has 3 aliphatic heterocycles. The van der Waals surface area contributed by atoms with Crippen molar-refractivity contribution in [1.82, 2.24) is 14.9 Å². The molecule has 3 N–H and O–H groups in total. The number of nitrogens with one attached hydrogen (secondary N) is 3. The van der Waals surface area contributed by atoms with Crippen LogP contribution in [0.1, 0.15) is 17.8 Å². The van der Waals surface area contributed by atoms with Crippen LogP contribution in [0.3, 0.4) is 0 Å². The van der Waals surface area contributed by atoms with Gasteiger partial charge >= 0.3 is 0 Å². The Kier molecular flexibility index (Phi) is 7.46. The van der Waals surface area contributed by atoms with Crippen molar-refractivity contribution in [2.24, 2.45) is 0 Å². The lowest BCUT2D eigenvalue weighted by molar-refractivity contribution is -0.110. The highest BCUT2D eigenvalue weighted by Crippen LogP contribution is 2.37. The molecular formula is C28H30F2N6O4. The fourth-order valence-electron chi connectivity index (χ4n) is 5.26. The van der Waals surface area contributed by atoms with Crippen LogP contribution in [0.25, 0.3) is 22.6 Å². The standard InChI is InChI=1S/C28H30F2N6O4/c29-20-13-19-22(15-24(20)31-2-1-3-35-4-8-39-9-5-35)32-26(34-28(19)38)14-18-17-12-21(30)25(16-23(17)33-27(18)37)36-6-10-40-11-7-36/h12-16,31H,1-11H2,(H,33,37)(H,32,34,38)/b18-14-. The number of carbonyl (C=O) groups is 1. The lowest BCUT2D eigenvalue weighted by Crippen LogP contribution is -2.37. The van der Waals surface area contributed by atoms with Gasteiger partial charge in [0.25, 0.3) is 11.5 Å². The molecule has 0 aliphatic carbocycles. The van der Waals surface area contributed by atoms with Crippen LogP contribution in [0.5, 0.6) is 0 Å². The summed E-state index contributed by atoms with van der Waals surface area (Å²) in [5, 5.41) is 5.96. The number of halogens is 2. The van der Waals surface area contributed by atoms with Gasteiger partial charge in [-0.15, -0.1) is 0 Å². The number of rotatable bonds is 7. The number of ether oxygens (including phenoxy) is 2. The maximum Gasteiger partial charge on any atom is 0.259 e. The van der Waals surface area contributed by atoms with Gasteiger partial charge in [-0.2, -0.15) is 0 Å². The van der Waals surface area contributed by atoms with E-state index in [9.17, 15) is 14.0 Å². The zero-order chi connectivity index (χ0) is 27.6. The van der Waals surface area contributed by atoms with E-state index in [4.69, 9.17) is 9.47 Å². The molecule has 0 saturated carbocycles. The number of morpholine rings is 2. The predicted molar refractivity (Wildman–Crippen MR) is 149 cm³/mol. The molecule has 40 heavy (non-hydrogen) atoms. The third-order valence-electron chi connectivity index (χ3n) is 7.39. The molecule has 2 saturated heterocycles. The van der Waals surface area contributed by atoms with Crippen molar-refractivity contribution in [3.05, 3.63) is 57.6 Å². The van der Waals surface area contributed by atoms with Gasteiger partial charge < -0.3 is 30.0 Å². The van der Waals surface area contributed by atoms with Crippen molar-refractivity contribution < 1.29 is 23.0 Å². The molecule has 210 valence electrons. The third kappa shape index (κ3) is 5.42. The number of carbonyl (C=O) groups excluding carboxylic acids is 1. The van der Waals surface area contributed by atoms with Gasteiger partial charge in [0.2, 0.25) is 0 Å². The second-order valence-electron chi connectivity index (χ2n) is 10.00. The number of hydrogen-bond acceptors (Lipinski definition) is 8. The molecule has 0 bridgehead atoms. The molecular weight excluding hydrogens is 522 g/mol. The van der Waals surface area contributed by atoms with Crippen LogP contribution in [-0.4, -0.2) is 86.5 Å². The first-order valence-electron chi connectivity index (χ1n) is 13.4. The normalized spacial score (nSPS) is 18.8. The second-order valence-corrected chi connectivity index (χ2v) is 10.00. The Bertz CT molecular complexity index is 1530. The number of fused-ring (bicyclic) bond motifs is 2. The van der Waals surface area contributed by atoms with Gasteiger partial charge in [0, 0.05) is 38.3 Å². The van der Waals surface area contributed by atoms with E-state index in [1.165, 1.54) is 18.2 Å². The molecule has 3 aliphatic rings. The zero-order valence-corrected chi connectivity index (χ0v) is 21.9. The minimum atomic E-state index is -0.548. The van der Waals surface area contributed by atoms with Crippen molar-refractivity contribution in [3.63, 3.8) is 0 Å². The predicted octanol–water partition coefficient (Wildman–Crippen LogP) is 2.66. The van der Waals surface area contributed by atoms with Crippen LogP contribution in [-0.2, 0) is 14.3 Å². The van der Waals surface area contributed by atoms with Crippen molar-refractivity contribution in [2.75, 3.05) is 81.2 Å². The quantitative estimate of drug-likeness (QED) is 0.303. The van der Waals surface area contributed by atoms with Crippen molar-refractivity contribution in [3.8, 4) is 0 Å². The summed E-state index contributed by atoms with van der Waals surface area (Å²) in [6, 6.07) is 5.58. The number of amides is 1. The maximum absolute atomic E-state index is 15.1. The Balaban J connectivity index is 1.24. The molecule has 4 heterocycles. The second kappa shape index (κ2) is 11.3. The Labute approximate surface area is 229 Å². The van der Waals surface area contributed by atoms with Gasteiger partial charge in [0.1, 0.15) is 17.5 Å². The van der Waals surface area contributed by atoms with Gasteiger partial charge in [-0.3, -0.25) is 14.5 Å². The van der Waals surface area contributed by atoms with E-state index in [-0.39, 0.29) is 28.0 Å². The van der Waals surface area contributed by atoms with E-state index in [1.807, 2.05) is 4.90 Å². The van der Waals surface area contributed by atoms with Gasteiger partial charge in [0.15, 0.2) is 0 Å².